The van der Waals surface area contributed by atoms with Crippen LogP contribution < -0.4 is 0 Å². The van der Waals surface area contributed by atoms with E-state index in [0.29, 0.717) is 12.8 Å². The van der Waals surface area contributed by atoms with Crippen LogP contribution in [-0.2, 0) is 18.7 Å². The third-order valence-corrected chi connectivity index (χ3v) is 2.91. The molecule has 0 aromatic heterocycles. The fourth-order valence-corrected chi connectivity index (χ4v) is 2.05. The molecule has 0 aromatic rings. The summed E-state index contributed by atoms with van der Waals surface area (Å²) in [4.78, 5) is 30.3. The summed E-state index contributed by atoms with van der Waals surface area (Å²) in [6.45, 7) is 1.83. The molecule has 100 valence electrons. The smallest absolute Gasteiger partial charge is 0.336 e. The highest BCUT2D eigenvalue weighted by Crippen LogP contribution is 2.34. The van der Waals surface area contributed by atoms with Crippen LogP contribution in [0, 0.1) is 0 Å². The molecule has 0 aromatic carbocycles. The van der Waals surface area contributed by atoms with Crippen molar-refractivity contribution in [3.05, 3.63) is 0 Å². The highest BCUT2D eigenvalue weighted by atomic mass is 31.1. The van der Waals surface area contributed by atoms with Gasteiger partial charge in [0, 0.05) is 6.42 Å². The molecule has 0 amide bonds. The van der Waals surface area contributed by atoms with Crippen LogP contribution in [-0.4, -0.2) is 32.6 Å². The first-order chi connectivity index (χ1) is 7.84. The van der Waals surface area contributed by atoms with Gasteiger partial charge in [-0.15, -0.1) is 0 Å². The first-order valence-corrected chi connectivity index (χ1v) is 6.47. The fourth-order valence-electron chi connectivity index (χ4n) is 1.42. The van der Waals surface area contributed by atoms with Gasteiger partial charge in [0.05, 0.1) is 0 Å². The summed E-state index contributed by atoms with van der Waals surface area (Å²) in [5.41, 5.74) is -1.88. The first-order valence-electron chi connectivity index (χ1n) is 5.21. The summed E-state index contributed by atoms with van der Waals surface area (Å²) in [7, 11) is -3.44. The van der Waals surface area contributed by atoms with Crippen molar-refractivity contribution in [1.82, 2.24) is 0 Å². The van der Waals surface area contributed by atoms with Crippen molar-refractivity contribution in [2.24, 2.45) is 0 Å². The lowest BCUT2D eigenvalue weighted by atomic mass is 9.92. The summed E-state index contributed by atoms with van der Waals surface area (Å²) in [5, 5.41) is 17.6. The molecule has 2 atom stereocenters. The summed E-state index contributed by atoms with van der Waals surface area (Å²) >= 11 is 0. The quantitative estimate of drug-likeness (QED) is 0.538. The van der Waals surface area contributed by atoms with Crippen LogP contribution in [0.25, 0.3) is 0 Å². The maximum Gasteiger partial charge on any atom is 0.336 e. The normalized spacial score (nSPS) is 16.1. The molecule has 0 aliphatic heterocycles. The van der Waals surface area contributed by atoms with E-state index in [0.717, 1.165) is 0 Å². The van der Waals surface area contributed by atoms with E-state index in [1.54, 1.807) is 0 Å². The molecule has 0 saturated carbocycles. The summed E-state index contributed by atoms with van der Waals surface area (Å²) in [5.74, 6) is -2.58. The van der Waals surface area contributed by atoms with Gasteiger partial charge in [-0.1, -0.05) is 19.8 Å². The minimum absolute atomic E-state index is 0.0169. The van der Waals surface area contributed by atoms with Crippen LogP contribution in [0.3, 0.4) is 0 Å². The topological polar surface area (TPSA) is 121 Å². The molecule has 2 unspecified atom stereocenters. The third kappa shape index (κ3) is 5.81. The lowest BCUT2D eigenvalue weighted by Crippen LogP contribution is -2.40. The Balaban J connectivity index is 4.87. The van der Waals surface area contributed by atoms with Crippen LogP contribution in [0.4, 0.5) is 0 Å². The maximum atomic E-state index is 11.1. The first kappa shape index (κ1) is 16.1. The Morgan fingerprint density at radius 1 is 1.29 bits per heavy atom. The van der Waals surface area contributed by atoms with E-state index >= 15 is 0 Å². The third-order valence-electron chi connectivity index (χ3n) is 2.35. The van der Waals surface area contributed by atoms with E-state index in [-0.39, 0.29) is 12.8 Å². The van der Waals surface area contributed by atoms with Gasteiger partial charge in [0.15, 0.2) is 5.60 Å². The molecule has 0 radical (unpaired) electrons. The summed E-state index contributed by atoms with van der Waals surface area (Å²) in [6, 6.07) is 0. The second kappa shape index (κ2) is 7.42. The molecule has 0 fully saturated rings. The Labute approximate surface area is 99.4 Å². The van der Waals surface area contributed by atoms with E-state index in [4.69, 9.17) is 15.1 Å². The molecular formula is C9H17O7P. The van der Waals surface area contributed by atoms with Crippen LogP contribution in [0.1, 0.15) is 39.0 Å². The highest BCUT2D eigenvalue weighted by molar-refractivity contribution is 7.32. The molecule has 0 aliphatic rings. The molecule has 0 spiro atoms. The number of carboxylic acids is 2. The van der Waals surface area contributed by atoms with Crippen molar-refractivity contribution in [3.63, 3.8) is 0 Å². The van der Waals surface area contributed by atoms with Gasteiger partial charge in [0.2, 0.25) is 0 Å². The zero-order valence-corrected chi connectivity index (χ0v) is 10.5. The van der Waals surface area contributed by atoms with Crippen molar-refractivity contribution < 1.29 is 33.8 Å². The van der Waals surface area contributed by atoms with Crippen LogP contribution >= 0.6 is 8.25 Å². The molecular weight excluding hydrogens is 251 g/mol. The lowest BCUT2D eigenvalue weighted by Gasteiger charge is -2.27. The fraction of sp³-hybridized carbons (Fsp3) is 0.778. The summed E-state index contributed by atoms with van der Waals surface area (Å²) < 4.78 is 15.3. The average Bonchev–Trinajstić information content (AvgIpc) is 2.21. The second-order valence-electron chi connectivity index (χ2n) is 3.66. The minimum Gasteiger partial charge on any atom is -0.481 e. The Hall–Kier alpha value is -0.910. The monoisotopic (exact) mass is 268 g/mol. The number of unbranched alkanes of at least 4 members (excludes halogenated alkanes) is 1. The van der Waals surface area contributed by atoms with Crippen LogP contribution in [0.15, 0.2) is 0 Å². The van der Waals surface area contributed by atoms with Gasteiger partial charge < -0.3 is 15.1 Å². The molecule has 0 rings (SSSR count). The molecule has 3 N–H and O–H groups in total. The van der Waals surface area contributed by atoms with E-state index in [9.17, 15) is 14.2 Å². The van der Waals surface area contributed by atoms with Crippen LogP contribution in [0.5, 0.6) is 0 Å². The van der Waals surface area contributed by atoms with Gasteiger partial charge in [-0.05, 0) is 12.8 Å². The van der Waals surface area contributed by atoms with Crippen LogP contribution in [0.2, 0.25) is 0 Å². The predicted molar refractivity (Wildman–Crippen MR) is 59.1 cm³/mol. The molecule has 8 heteroatoms. The van der Waals surface area contributed by atoms with Gasteiger partial charge in [-0.3, -0.25) is 13.9 Å². The van der Waals surface area contributed by atoms with Crippen molar-refractivity contribution in [3.8, 4) is 0 Å². The Morgan fingerprint density at radius 2 is 1.88 bits per heavy atom. The SMILES string of the molecule is CCCCC(CCC(=O)O)(O[PH](=O)O)C(=O)O. The van der Waals surface area contributed by atoms with Gasteiger partial charge in [-0.2, -0.15) is 0 Å². The largest absolute Gasteiger partial charge is 0.481 e. The molecule has 0 heterocycles. The average molecular weight is 268 g/mol. The maximum absolute atomic E-state index is 11.1. The molecule has 17 heavy (non-hydrogen) atoms. The van der Waals surface area contributed by atoms with Crippen molar-refractivity contribution in [1.29, 1.82) is 0 Å². The van der Waals surface area contributed by atoms with E-state index in [2.05, 4.69) is 4.52 Å². The zero-order valence-electron chi connectivity index (χ0n) is 9.51. The minimum atomic E-state index is -3.44. The van der Waals surface area contributed by atoms with Gasteiger partial charge >= 0.3 is 20.2 Å². The Morgan fingerprint density at radius 3 is 2.24 bits per heavy atom. The van der Waals surface area contributed by atoms with Gasteiger partial charge in [0.1, 0.15) is 0 Å². The van der Waals surface area contributed by atoms with E-state index in [1.807, 2.05) is 6.92 Å². The molecule has 0 aliphatic carbocycles. The van der Waals surface area contributed by atoms with Crippen molar-refractivity contribution in [2.45, 2.75) is 44.6 Å². The molecule has 0 bridgehead atoms. The molecule has 0 saturated heterocycles. The predicted octanol–water partition coefficient (Wildman–Crippen LogP) is 1.26. The number of aliphatic carboxylic acids is 2. The number of hydrogen-bond donors (Lipinski definition) is 3. The van der Waals surface area contributed by atoms with Gasteiger partial charge in [0.25, 0.3) is 0 Å². The second-order valence-corrected chi connectivity index (χ2v) is 4.40. The van der Waals surface area contributed by atoms with Crippen molar-refractivity contribution in [2.75, 3.05) is 0 Å². The number of carboxylic acid groups (broad SMARTS) is 2. The molecule has 7 nitrogen and oxygen atoms in total. The number of hydrogen-bond acceptors (Lipinski definition) is 4. The van der Waals surface area contributed by atoms with E-state index < -0.39 is 32.2 Å². The lowest BCUT2D eigenvalue weighted by molar-refractivity contribution is -0.158. The zero-order chi connectivity index (χ0) is 13.5. The van der Waals surface area contributed by atoms with Gasteiger partial charge in [-0.25, -0.2) is 4.79 Å². The summed E-state index contributed by atoms with van der Waals surface area (Å²) in [6.07, 6.45) is 0.418. The Bertz CT molecular complexity index is 304. The van der Waals surface area contributed by atoms with E-state index in [1.165, 1.54) is 0 Å². The number of rotatable bonds is 9. The van der Waals surface area contributed by atoms with Crippen molar-refractivity contribution >= 4 is 20.2 Å². The standard InChI is InChI=1S/C9H17O7P/c1-2-3-5-9(8(12)13,16-17(14)15)6-4-7(10)11/h17H,2-6H2,1H3,(H,10,11)(H,12,13)(H,14,15). The highest BCUT2D eigenvalue weighted by Gasteiger charge is 2.41. The Kier molecular flexibility index (Phi) is 7.03. The number of carbonyl (C=O) groups is 2.